The fourth-order valence-electron chi connectivity index (χ4n) is 3.40. The van der Waals surface area contributed by atoms with Crippen LogP contribution in [0.2, 0.25) is 0 Å². The van der Waals surface area contributed by atoms with Crippen LogP contribution in [0.4, 0.5) is 0 Å². The number of ether oxygens (including phenoxy) is 1. The highest BCUT2D eigenvalue weighted by Gasteiger charge is 2.39. The molecule has 2 heterocycles. The molecule has 1 aromatic carbocycles. The Morgan fingerprint density at radius 1 is 1.42 bits per heavy atom. The van der Waals surface area contributed by atoms with Gasteiger partial charge in [0.2, 0.25) is 5.91 Å². The Hall–Kier alpha value is -2.32. The van der Waals surface area contributed by atoms with Gasteiger partial charge >= 0.3 is 0 Å². The minimum Gasteiger partial charge on any atom is -0.483 e. The smallest absolute Gasteiger partial charge is 0.227 e. The van der Waals surface area contributed by atoms with E-state index in [1.54, 1.807) is 6.07 Å². The number of hydrogen-bond donors (Lipinski definition) is 1. The third-order valence-electron chi connectivity index (χ3n) is 4.64. The standard InChI is InChI=1S/C19H23N3O2/c1-4-21-12-15-18(22-9-5-6-17(22)23)14-10-13(11-20)7-8-16(14)24-19(15,2)3/h7-8,10,21H,4-6,9,12H2,1-3H3. The molecule has 5 heteroatoms. The predicted octanol–water partition coefficient (Wildman–Crippen LogP) is 2.67. The monoisotopic (exact) mass is 325 g/mol. The van der Waals surface area contributed by atoms with Gasteiger partial charge in [0.15, 0.2) is 0 Å². The van der Waals surface area contributed by atoms with Crippen LogP contribution >= 0.6 is 0 Å². The summed E-state index contributed by atoms with van der Waals surface area (Å²) < 4.78 is 6.21. The Kier molecular flexibility index (Phi) is 4.33. The third-order valence-corrected chi connectivity index (χ3v) is 4.64. The maximum atomic E-state index is 12.4. The minimum absolute atomic E-state index is 0.144. The van der Waals surface area contributed by atoms with Crippen molar-refractivity contribution in [2.75, 3.05) is 19.6 Å². The van der Waals surface area contributed by atoms with E-state index in [1.165, 1.54) is 0 Å². The summed E-state index contributed by atoms with van der Waals surface area (Å²) in [6.07, 6.45) is 1.44. The van der Waals surface area contributed by atoms with E-state index in [2.05, 4.69) is 18.3 Å². The van der Waals surface area contributed by atoms with Crippen molar-refractivity contribution in [2.45, 2.75) is 39.2 Å². The zero-order valence-corrected chi connectivity index (χ0v) is 14.5. The van der Waals surface area contributed by atoms with Gasteiger partial charge in [-0.2, -0.15) is 5.26 Å². The summed E-state index contributed by atoms with van der Waals surface area (Å²) in [4.78, 5) is 14.3. The van der Waals surface area contributed by atoms with Crippen molar-refractivity contribution in [2.24, 2.45) is 0 Å². The lowest BCUT2D eigenvalue weighted by Gasteiger charge is -2.39. The molecule has 0 aliphatic carbocycles. The Labute approximate surface area is 142 Å². The number of hydrogen-bond acceptors (Lipinski definition) is 4. The first-order valence-corrected chi connectivity index (χ1v) is 8.46. The lowest BCUT2D eigenvalue weighted by atomic mass is 9.88. The van der Waals surface area contributed by atoms with Gasteiger partial charge in [0.05, 0.1) is 17.3 Å². The number of nitrogens with one attached hydrogen (secondary N) is 1. The first kappa shape index (κ1) is 16.5. The fraction of sp³-hybridized carbons (Fsp3) is 0.474. The molecule has 0 saturated carbocycles. The van der Waals surface area contributed by atoms with E-state index in [9.17, 15) is 10.1 Å². The summed E-state index contributed by atoms with van der Waals surface area (Å²) in [5.41, 5.74) is 2.88. The topological polar surface area (TPSA) is 65.4 Å². The number of amides is 1. The van der Waals surface area contributed by atoms with Crippen LogP contribution in [0, 0.1) is 11.3 Å². The first-order valence-electron chi connectivity index (χ1n) is 8.46. The number of carbonyl (C=O) groups excluding carboxylic acids is 1. The van der Waals surface area contributed by atoms with Gasteiger partial charge in [0.1, 0.15) is 11.4 Å². The Balaban J connectivity index is 2.21. The number of carbonyl (C=O) groups is 1. The van der Waals surface area contributed by atoms with Gasteiger partial charge in [0, 0.05) is 30.6 Å². The molecule has 2 aliphatic heterocycles. The summed E-state index contributed by atoms with van der Waals surface area (Å²) in [5.74, 6) is 0.874. The average molecular weight is 325 g/mol. The molecule has 0 bridgehead atoms. The second-order valence-corrected chi connectivity index (χ2v) is 6.69. The summed E-state index contributed by atoms with van der Waals surface area (Å²) in [7, 11) is 0. The second-order valence-electron chi connectivity index (χ2n) is 6.69. The molecule has 2 aliphatic rings. The summed E-state index contributed by atoms with van der Waals surface area (Å²) in [5, 5.41) is 12.6. The number of rotatable bonds is 4. The number of nitriles is 1. The third kappa shape index (κ3) is 2.78. The van der Waals surface area contributed by atoms with E-state index in [1.807, 2.05) is 30.9 Å². The maximum absolute atomic E-state index is 12.4. The molecule has 0 unspecified atom stereocenters. The Morgan fingerprint density at radius 3 is 2.83 bits per heavy atom. The van der Waals surface area contributed by atoms with Crippen LogP contribution in [-0.2, 0) is 4.79 Å². The molecule has 24 heavy (non-hydrogen) atoms. The van der Waals surface area contributed by atoms with Crippen molar-refractivity contribution in [3.63, 3.8) is 0 Å². The van der Waals surface area contributed by atoms with Gasteiger partial charge in [-0.15, -0.1) is 0 Å². The highest BCUT2D eigenvalue weighted by Crippen LogP contribution is 2.43. The van der Waals surface area contributed by atoms with E-state index in [0.717, 1.165) is 42.1 Å². The summed E-state index contributed by atoms with van der Waals surface area (Å²) in [6, 6.07) is 7.60. The van der Waals surface area contributed by atoms with Crippen molar-refractivity contribution in [1.29, 1.82) is 5.26 Å². The SMILES string of the molecule is CCNCC1=C(N2CCCC2=O)c2cc(C#N)ccc2OC1(C)C. The van der Waals surface area contributed by atoms with Crippen molar-refractivity contribution >= 4 is 11.6 Å². The van der Waals surface area contributed by atoms with E-state index >= 15 is 0 Å². The zero-order chi connectivity index (χ0) is 17.3. The molecule has 1 fully saturated rings. The fourth-order valence-corrected chi connectivity index (χ4v) is 3.40. The number of likely N-dealkylation sites (N-methyl/N-ethyl adjacent to an activating group) is 1. The Morgan fingerprint density at radius 2 is 2.21 bits per heavy atom. The number of likely N-dealkylation sites (tertiary alicyclic amines) is 1. The highest BCUT2D eigenvalue weighted by molar-refractivity contribution is 5.91. The summed E-state index contributed by atoms with van der Waals surface area (Å²) in [6.45, 7) is 8.32. The number of fused-ring (bicyclic) bond motifs is 1. The normalized spacial score (nSPS) is 19.1. The second kappa shape index (κ2) is 6.29. The van der Waals surface area contributed by atoms with Crippen LogP contribution in [0.3, 0.4) is 0 Å². The molecule has 1 amide bonds. The van der Waals surface area contributed by atoms with Gasteiger partial charge in [-0.05, 0) is 45.0 Å². The van der Waals surface area contributed by atoms with E-state index in [4.69, 9.17) is 4.74 Å². The van der Waals surface area contributed by atoms with Crippen LogP contribution in [-0.4, -0.2) is 36.0 Å². The van der Waals surface area contributed by atoms with Gasteiger partial charge in [-0.1, -0.05) is 6.92 Å². The van der Waals surface area contributed by atoms with E-state index in [0.29, 0.717) is 18.5 Å². The largest absolute Gasteiger partial charge is 0.483 e. The molecule has 0 spiro atoms. The van der Waals surface area contributed by atoms with Crippen molar-refractivity contribution in [3.8, 4) is 11.8 Å². The van der Waals surface area contributed by atoms with Gasteiger partial charge in [0.25, 0.3) is 0 Å². The zero-order valence-electron chi connectivity index (χ0n) is 14.5. The van der Waals surface area contributed by atoms with Crippen molar-refractivity contribution in [1.82, 2.24) is 10.2 Å². The molecule has 1 aromatic rings. The Bertz CT molecular complexity index is 743. The van der Waals surface area contributed by atoms with Crippen molar-refractivity contribution < 1.29 is 9.53 Å². The molecule has 0 aromatic heterocycles. The predicted molar refractivity (Wildman–Crippen MR) is 92.3 cm³/mol. The lowest BCUT2D eigenvalue weighted by molar-refractivity contribution is -0.125. The highest BCUT2D eigenvalue weighted by atomic mass is 16.5. The molecule has 1 saturated heterocycles. The number of benzene rings is 1. The molecular formula is C19H23N3O2. The molecular weight excluding hydrogens is 302 g/mol. The molecule has 126 valence electrons. The van der Waals surface area contributed by atoms with Crippen LogP contribution < -0.4 is 10.1 Å². The number of nitrogens with zero attached hydrogens (tertiary/aromatic N) is 2. The first-order chi connectivity index (χ1) is 11.5. The van der Waals surface area contributed by atoms with Crippen molar-refractivity contribution in [3.05, 3.63) is 34.9 Å². The van der Waals surface area contributed by atoms with Gasteiger partial charge in [-0.25, -0.2) is 0 Å². The molecule has 0 radical (unpaired) electrons. The molecule has 0 atom stereocenters. The quantitative estimate of drug-likeness (QED) is 0.924. The van der Waals surface area contributed by atoms with E-state index < -0.39 is 5.60 Å². The molecule has 5 nitrogen and oxygen atoms in total. The minimum atomic E-state index is -0.512. The van der Waals surface area contributed by atoms with Crippen LogP contribution in [0.15, 0.2) is 23.8 Å². The van der Waals surface area contributed by atoms with Gasteiger partial charge in [-0.3, -0.25) is 4.79 Å². The lowest BCUT2D eigenvalue weighted by Crippen LogP contribution is -2.42. The van der Waals surface area contributed by atoms with Crippen LogP contribution in [0.5, 0.6) is 5.75 Å². The van der Waals surface area contributed by atoms with E-state index in [-0.39, 0.29) is 5.91 Å². The molecule has 1 N–H and O–H groups in total. The maximum Gasteiger partial charge on any atom is 0.227 e. The molecule has 3 rings (SSSR count). The van der Waals surface area contributed by atoms with Crippen LogP contribution in [0.1, 0.15) is 44.7 Å². The summed E-state index contributed by atoms with van der Waals surface area (Å²) >= 11 is 0. The average Bonchev–Trinajstić information content (AvgIpc) is 2.97. The van der Waals surface area contributed by atoms with Crippen LogP contribution in [0.25, 0.3) is 5.70 Å². The van der Waals surface area contributed by atoms with Gasteiger partial charge < -0.3 is 15.0 Å².